The van der Waals surface area contributed by atoms with Crippen molar-refractivity contribution in [2.45, 2.75) is 31.6 Å². The van der Waals surface area contributed by atoms with Crippen molar-refractivity contribution in [1.29, 1.82) is 0 Å². The van der Waals surface area contributed by atoms with Crippen LogP contribution in [0.4, 0.5) is 4.39 Å². The summed E-state index contributed by atoms with van der Waals surface area (Å²) < 4.78 is 12.4. The molecule has 1 aliphatic rings. The van der Waals surface area contributed by atoms with Gasteiger partial charge in [0.05, 0.1) is 18.9 Å². The van der Waals surface area contributed by atoms with Gasteiger partial charge in [-0.3, -0.25) is 4.39 Å². The summed E-state index contributed by atoms with van der Waals surface area (Å²) in [5, 5.41) is 21.6. The molecule has 0 aliphatic carbocycles. The number of rotatable bonds is 2. The van der Waals surface area contributed by atoms with Crippen molar-refractivity contribution in [1.82, 2.24) is 5.32 Å². The Hall–Kier alpha value is -0.190. The summed E-state index contributed by atoms with van der Waals surface area (Å²) in [5.41, 5.74) is 0. The Morgan fingerprint density at radius 2 is 2.17 bits per heavy atom. The molecule has 1 fully saturated rings. The normalized spacial score (nSPS) is 43.0. The zero-order valence-corrected chi connectivity index (χ0v) is 7.20. The highest BCUT2D eigenvalue weighted by Gasteiger charge is 2.36. The minimum Gasteiger partial charge on any atom is -0.390 e. The fourth-order valence-corrected chi connectivity index (χ4v) is 1.71. The monoisotopic (exact) mass is 177 g/mol. The van der Waals surface area contributed by atoms with E-state index >= 15 is 0 Å². The quantitative estimate of drug-likeness (QED) is 0.541. The molecule has 3 N–H and O–H groups in total. The molecular formula is C8H16FNO2. The maximum absolute atomic E-state index is 12.4. The van der Waals surface area contributed by atoms with Gasteiger partial charge in [-0.25, -0.2) is 0 Å². The van der Waals surface area contributed by atoms with Crippen molar-refractivity contribution in [3.05, 3.63) is 0 Å². The largest absolute Gasteiger partial charge is 0.390 e. The summed E-state index contributed by atoms with van der Waals surface area (Å²) in [6.45, 7) is 1.71. The molecule has 1 heterocycles. The minimum absolute atomic E-state index is 0.00611. The lowest BCUT2D eigenvalue weighted by atomic mass is 9.86. The molecule has 0 amide bonds. The van der Waals surface area contributed by atoms with Crippen LogP contribution in [0.1, 0.15) is 13.3 Å². The molecular weight excluding hydrogens is 161 g/mol. The second kappa shape index (κ2) is 4.16. The molecule has 1 saturated heterocycles. The second-order valence-corrected chi connectivity index (χ2v) is 3.30. The highest BCUT2D eigenvalue weighted by molar-refractivity contribution is 4.90. The zero-order valence-electron chi connectivity index (χ0n) is 7.20. The zero-order chi connectivity index (χ0) is 9.14. The Balaban J connectivity index is 2.58. The highest BCUT2D eigenvalue weighted by atomic mass is 19.1. The average molecular weight is 177 g/mol. The van der Waals surface area contributed by atoms with Crippen molar-refractivity contribution in [3.63, 3.8) is 0 Å². The molecule has 0 aromatic carbocycles. The maximum atomic E-state index is 12.4. The van der Waals surface area contributed by atoms with Crippen molar-refractivity contribution < 1.29 is 14.6 Å². The van der Waals surface area contributed by atoms with Gasteiger partial charge in [-0.1, -0.05) is 6.92 Å². The van der Waals surface area contributed by atoms with Crippen molar-refractivity contribution >= 4 is 0 Å². The number of hydrogen-bond donors (Lipinski definition) is 3. The molecule has 12 heavy (non-hydrogen) atoms. The first-order chi connectivity index (χ1) is 5.70. The smallest absolute Gasteiger partial charge is 0.0963 e. The second-order valence-electron chi connectivity index (χ2n) is 3.30. The van der Waals surface area contributed by atoms with E-state index in [-0.39, 0.29) is 6.04 Å². The van der Waals surface area contributed by atoms with Gasteiger partial charge in [0.25, 0.3) is 0 Å². The predicted molar refractivity (Wildman–Crippen MR) is 43.6 cm³/mol. The molecule has 1 aliphatic heterocycles. The lowest BCUT2D eigenvalue weighted by Crippen LogP contribution is -2.56. The predicted octanol–water partition coefficient (Wildman–Crippen LogP) is -0.324. The van der Waals surface area contributed by atoms with Crippen LogP contribution in [0.15, 0.2) is 0 Å². The third-order valence-corrected chi connectivity index (χ3v) is 2.56. The average Bonchev–Trinajstić information content (AvgIpc) is 2.09. The summed E-state index contributed by atoms with van der Waals surface area (Å²) in [5.74, 6) is -0.459. The van der Waals surface area contributed by atoms with Crippen LogP contribution in [-0.4, -0.2) is 41.7 Å². The lowest BCUT2D eigenvalue weighted by Gasteiger charge is -2.37. The van der Waals surface area contributed by atoms with Crippen LogP contribution in [0.25, 0.3) is 0 Å². The Labute approximate surface area is 71.6 Å². The molecule has 4 unspecified atom stereocenters. The number of piperidine rings is 1. The summed E-state index contributed by atoms with van der Waals surface area (Å²) >= 11 is 0. The van der Waals surface area contributed by atoms with E-state index < -0.39 is 24.8 Å². The number of nitrogens with one attached hydrogen (secondary N) is 1. The fourth-order valence-electron chi connectivity index (χ4n) is 1.71. The van der Waals surface area contributed by atoms with Crippen molar-refractivity contribution in [3.8, 4) is 0 Å². The maximum Gasteiger partial charge on any atom is 0.0963 e. The fraction of sp³-hybridized carbons (Fsp3) is 1.00. The standard InChI is InChI=1S/C8H16FNO2/c1-2-6-5(3-9)8(12)7(11)4-10-6/h5-8,10-12H,2-4H2,1H3. The Morgan fingerprint density at radius 1 is 1.50 bits per heavy atom. The van der Waals surface area contributed by atoms with E-state index in [1.54, 1.807) is 0 Å². The molecule has 4 heteroatoms. The number of aliphatic hydroxyl groups is 2. The number of β-amino-alcohol motifs (C(OH)–C–C–N with tert-alkyl or cyclic N) is 1. The Bertz CT molecular complexity index is 143. The molecule has 1 rings (SSSR count). The highest BCUT2D eigenvalue weighted by Crippen LogP contribution is 2.20. The number of halogens is 1. The van der Waals surface area contributed by atoms with Gasteiger partial charge in [-0.2, -0.15) is 0 Å². The van der Waals surface area contributed by atoms with Crippen LogP contribution in [0.2, 0.25) is 0 Å². The van der Waals surface area contributed by atoms with Crippen LogP contribution in [-0.2, 0) is 0 Å². The topological polar surface area (TPSA) is 52.5 Å². The van der Waals surface area contributed by atoms with Crippen LogP contribution in [0, 0.1) is 5.92 Å². The summed E-state index contributed by atoms with van der Waals surface area (Å²) in [6, 6.07) is -0.00611. The van der Waals surface area contributed by atoms with E-state index in [2.05, 4.69) is 5.32 Å². The Morgan fingerprint density at radius 3 is 2.67 bits per heavy atom. The van der Waals surface area contributed by atoms with E-state index in [0.717, 1.165) is 6.42 Å². The minimum atomic E-state index is -0.916. The molecule has 0 bridgehead atoms. The number of aliphatic hydroxyl groups excluding tert-OH is 2. The first-order valence-electron chi connectivity index (χ1n) is 4.36. The summed E-state index contributed by atoms with van der Waals surface area (Å²) in [4.78, 5) is 0. The van der Waals surface area contributed by atoms with Gasteiger partial charge in [0.2, 0.25) is 0 Å². The van der Waals surface area contributed by atoms with Gasteiger partial charge in [0.15, 0.2) is 0 Å². The molecule has 0 spiro atoms. The van der Waals surface area contributed by atoms with Gasteiger partial charge >= 0.3 is 0 Å². The molecule has 0 saturated carbocycles. The first-order valence-corrected chi connectivity index (χ1v) is 4.36. The SMILES string of the molecule is CCC1NCC(O)C(O)C1CF. The van der Waals surface area contributed by atoms with E-state index in [1.807, 2.05) is 6.92 Å². The van der Waals surface area contributed by atoms with Gasteiger partial charge in [-0.15, -0.1) is 0 Å². The van der Waals surface area contributed by atoms with Gasteiger partial charge in [-0.05, 0) is 6.42 Å². The number of hydrogen-bond acceptors (Lipinski definition) is 3. The van der Waals surface area contributed by atoms with Gasteiger partial charge in [0.1, 0.15) is 0 Å². The van der Waals surface area contributed by atoms with E-state index in [4.69, 9.17) is 0 Å². The van der Waals surface area contributed by atoms with Crippen LogP contribution < -0.4 is 5.32 Å². The molecule has 4 atom stereocenters. The third-order valence-electron chi connectivity index (χ3n) is 2.56. The van der Waals surface area contributed by atoms with E-state index in [0.29, 0.717) is 6.54 Å². The lowest BCUT2D eigenvalue weighted by molar-refractivity contribution is -0.0583. The molecule has 0 aromatic heterocycles. The Kier molecular flexibility index (Phi) is 3.43. The number of alkyl halides is 1. The van der Waals surface area contributed by atoms with Crippen molar-refractivity contribution in [2.24, 2.45) is 5.92 Å². The molecule has 0 radical (unpaired) electrons. The van der Waals surface area contributed by atoms with Crippen molar-refractivity contribution in [2.75, 3.05) is 13.2 Å². The van der Waals surface area contributed by atoms with E-state index in [1.165, 1.54) is 0 Å². The molecule has 72 valence electrons. The summed E-state index contributed by atoms with van der Waals surface area (Å²) in [7, 11) is 0. The third kappa shape index (κ3) is 1.76. The van der Waals surface area contributed by atoms with Crippen LogP contribution in [0.5, 0.6) is 0 Å². The summed E-state index contributed by atoms with van der Waals surface area (Å²) in [6.07, 6.45) is -0.965. The van der Waals surface area contributed by atoms with Crippen LogP contribution in [0.3, 0.4) is 0 Å². The van der Waals surface area contributed by atoms with Gasteiger partial charge < -0.3 is 15.5 Å². The molecule has 0 aromatic rings. The van der Waals surface area contributed by atoms with Crippen LogP contribution >= 0.6 is 0 Å². The van der Waals surface area contributed by atoms with E-state index in [9.17, 15) is 14.6 Å². The first kappa shape index (κ1) is 9.89. The van der Waals surface area contributed by atoms with Gasteiger partial charge in [0, 0.05) is 18.5 Å². The molecule has 3 nitrogen and oxygen atoms in total.